The highest BCUT2D eigenvalue weighted by Crippen LogP contribution is 2.12. The first-order valence-electron chi connectivity index (χ1n) is 6.39. The van der Waals surface area contributed by atoms with Crippen LogP contribution in [-0.2, 0) is 22.6 Å². The average Bonchev–Trinajstić information content (AvgIpc) is 2.76. The quantitative estimate of drug-likeness (QED) is 0.753. The van der Waals surface area contributed by atoms with Gasteiger partial charge in [-0.25, -0.2) is 0 Å². The van der Waals surface area contributed by atoms with Gasteiger partial charge in [-0.3, -0.25) is 4.79 Å². The Labute approximate surface area is 107 Å². The zero-order chi connectivity index (χ0) is 13.0. The van der Waals surface area contributed by atoms with E-state index in [2.05, 4.69) is 12.2 Å². The van der Waals surface area contributed by atoms with Crippen molar-refractivity contribution in [3.8, 4) is 0 Å². The number of nitrogens with one attached hydrogen (secondary N) is 1. The van der Waals surface area contributed by atoms with Gasteiger partial charge in [0, 0.05) is 13.0 Å². The Hall–Kier alpha value is -1.33. The van der Waals surface area contributed by atoms with Crippen LogP contribution in [-0.4, -0.2) is 18.0 Å². The van der Waals surface area contributed by atoms with Crippen molar-refractivity contribution < 1.29 is 14.5 Å². The summed E-state index contributed by atoms with van der Waals surface area (Å²) in [6.07, 6.45) is 2.48. The van der Waals surface area contributed by atoms with Crippen molar-refractivity contribution in [2.75, 3.05) is 0 Å². The van der Waals surface area contributed by atoms with Crippen molar-refractivity contribution in [2.24, 2.45) is 0 Å². The molecule has 1 aromatic rings. The third-order valence-electron chi connectivity index (χ3n) is 3.16. The maximum atomic E-state index is 11.6. The molecule has 2 N–H and O–H groups in total. The van der Waals surface area contributed by atoms with E-state index < -0.39 is 7.12 Å². The van der Waals surface area contributed by atoms with Crippen molar-refractivity contribution in [2.45, 2.75) is 39.3 Å². The lowest BCUT2D eigenvalue weighted by Gasteiger charge is -2.09. The maximum Gasteiger partial charge on any atom is 0.492 e. The fourth-order valence-corrected chi connectivity index (χ4v) is 2.13. The molecule has 96 valence electrons. The second-order valence-corrected chi connectivity index (χ2v) is 4.53. The predicted octanol–water partition coefficient (Wildman–Crippen LogP) is 0.711. The molecule has 0 atom stereocenters. The summed E-state index contributed by atoms with van der Waals surface area (Å²) in [7, 11) is -0.858. The number of fused-ring (bicyclic) bond motifs is 1. The molecular formula is C13H18BNO3. The molecule has 18 heavy (non-hydrogen) atoms. The molecule has 1 aliphatic heterocycles. The monoisotopic (exact) mass is 247 g/mol. The molecular weight excluding hydrogens is 229 g/mol. The lowest BCUT2D eigenvalue weighted by molar-refractivity contribution is -0.121. The summed E-state index contributed by atoms with van der Waals surface area (Å²) >= 11 is 0. The van der Waals surface area contributed by atoms with Crippen LogP contribution in [0.3, 0.4) is 0 Å². The van der Waals surface area contributed by atoms with Crippen LogP contribution in [0.4, 0.5) is 0 Å². The molecule has 0 fully saturated rings. The third-order valence-corrected chi connectivity index (χ3v) is 3.16. The topological polar surface area (TPSA) is 58.6 Å². The summed E-state index contributed by atoms with van der Waals surface area (Å²) in [6, 6.07) is 5.78. The van der Waals surface area contributed by atoms with Gasteiger partial charge in [0.25, 0.3) is 0 Å². The summed E-state index contributed by atoms with van der Waals surface area (Å²) in [6.45, 7) is 2.95. The number of unbranched alkanes of at least 4 members (excludes halogenated alkanes) is 1. The first-order valence-corrected chi connectivity index (χ1v) is 6.39. The van der Waals surface area contributed by atoms with Gasteiger partial charge in [0.1, 0.15) is 0 Å². The number of hydrogen-bond donors (Lipinski definition) is 2. The van der Waals surface area contributed by atoms with Gasteiger partial charge < -0.3 is 15.0 Å². The molecule has 0 aromatic heterocycles. The van der Waals surface area contributed by atoms with Crippen molar-refractivity contribution in [1.82, 2.24) is 5.32 Å². The van der Waals surface area contributed by atoms with Crippen LogP contribution in [0.5, 0.6) is 0 Å². The van der Waals surface area contributed by atoms with Crippen molar-refractivity contribution >= 4 is 18.5 Å². The molecule has 5 heteroatoms. The highest BCUT2D eigenvalue weighted by atomic mass is 16.5. The van der Waals surface area contributed by atoms with Gasteiger partial charge >= 0.3 is 7.12 Å². The number of benzene rings is 1. The van der Waals surface area contributed by atoms with Gasteiger partial charge in [0.15, 0.2) is 0 Å². The molecule has 0 unspecified atom stereocenters. The second kappa shape index (κ2) is 6.02. The zero-order valence-corrected chi connectivity index (χ0v) is 10.6. The minimum atomic E-state index is -0.858. The zero-order valence-electron chi connectivity index (χ0n) is 10.6. The Morgan fingerprint density at radius 1 is 1.56 bits per heavy atom. The Kier molecular flexibility index (Phi) is 4.39. The van der Waals surface area contributed by atoms with Crippen LogP contribution in [0.25, 0.3) is 0 Å². The number of hydrogen-bond acceptors (Lipinski definition) is 3. The molecule has 1 amide bonds. The van der Waals surface area contributed by atoms with E-state index in [9.17, 15) is 9.82 Å². The van der Waals surface area contributed by atoms with E-state index in [0.29, 0.717) is 19.6 Å². The van der Waals surface area contributed by atoms with Gasteiger partial charge in [0.05, 0.1) is 6.61 Å². The smallest absolute Gasteiger partial charge is 0.423 e. The van der Waals surface area contributed by atoms with Crippen LogP contribution in [0, 0.1) is 0 Å². The summed E-state index contributed by atoms with van der Waals surface area (Å²) in [5.74, 6) is 0.0582. The van der Waals surface area contributed by atoms with Crippen LogP contribution >= 0.6 is 0 Å². The first kappa shape index (κ1) is 13.1. The molecule has 0 saturated heterocycles. The normalized spacial score (nSPS) is 13.6. The third kappa shape index (κ3) is 2.92. The molecule has 4 nitrogen and oxygen atoms in total. The summed E-state index contributed by atoms with van der Waals surface area (Å²) in [5, 5.41) is 12.6. The largest absolute Gasteiger partial charge is 0.492 e. The second-order valence-electron chi connectivity index (χ2n) is 4.53. The van der Waals surface area contributed by atoms with Crippen LogP contribution in [0.15, 0.2) is 18.2 Å². The lowest BCUT2D eigenvalue weighted by atomic mass is 9.76. The van der Waals surface area contributed by atoms with E-state index in [-0.39, 0.29) is 5.91 Å². The maximum absolute atomic E-state index is 11.6. The summed E-state index contributed by atoms with van der Waals surface area (Å²) in [4.78, 5) is 11.6. The van der Waals surface area contributed by atoms with Gasteiger partial charge in [-0.05, 0) is 23.0 Å². The van der Waals surface area contributed by atoms with Crippen LogP contribution < -0.4 is 10.8 Å². The van der Waals surface area contributed by atoms with Crippen LogP contribution in [0.2, 0.25) is 0 Å². The van der Waals surface area contributed by atoms with Crippen LogP contribution in [0.1, 0.15) is 37.3 Å². The average molecular weight is 247 g/mol. The van der Waals surface area contributed by atoms with E-state index in [0.717, 1.165) is 29.4 Å². The van der Waals surface area contributed by atoms with E-state index in [1.807, 2.05) is 18.2 Å². The number of rotatable bonds is 5. The van der Waals surface area contributed by atoms with Gasteiger partial charge in [-0.15, -0.1) is 0 Å². The summed E-state index contributed by atoms with van der Waals surface area (Å²) in [5.41, 5.74) is 2.75. The van der Waals surface area contributed by atoms with Gasteiger partial charge in [-0.1, -0.05) is 31.5 Å². The Bertz CT molecular complexity index is 436. The molecule has 0 bridgehead atoms. The Morgan fingerprint density at radius 2 is 2.39 bits per heavy atom. The minimum absolute atomic E-state index is 0.0582. The van der Waals surface area contributed by atoms with E-state index in [1.165, 1.54) is 0 Å². The molecule has 0 saturated carbocycles. The molecule has 1 aromatic carbocycles. The minimum Gasteiger partial charge on any atom is -0.423 e. The van der Waals surface area contributed by atoms with E-state index >= 15 is 0 Å². The van der Waals surface area contributed by atoms with Crippen molar-refractivity contribution in [3.63, 3.8) is 0 Å². The predicted molar refractivity (Wildman–Crippen MR) is 70.2 cm³/mol. The molecule has 0 spiro atoms. The molecule has 0 aliphatic carbocycles. The van der Waals surface area contributed by atoms with Gasteiger partial charge in [-0.2, -0.15) is 0 Å². The van der Waals surface area contributed by atoms with E-state index in [1.54, 1.807) is 0 Å². The van der Waals surface area contributed by atoms with E-state index in [4.69, 9.17) is 4.65 Å². The number of carbonyl (C=O) groups is 1. The fraction of sp³-hybridized carbons (Fsp3) is 0.462. The molecule has 1 aliphatic rings. The highest BCUT2D eigenvalue weighted by molar-refractivity contribution is 6.62. The first-order chi connectivity index (χ1) is 8.72. The SMILES string of the molecule is CCCCC(=O)NCc1cccc2c1B(O)OC2. The standard InChI is InChI=1S/C13H18BNO3/c1-2-3-7-12(16)15-8-10-5-4-6-11-9-18-14(17)13(10)11/h4-6,17H,2-3,7-9H2,1H3,(H,15,16). The van der Waals surface area contributed by atoms with Gasteiger partial charge in [0.2, 0.25) is 5.91 Å². The number of amides is 1. The van der Waals surface area contributed by atoms with Crippen molar-refractivity contribution in [3.05, 3.63) is 29.3 Å². The Morgan fingerprint density at radius 3 is 3.17 bits per heavy atom. The molecule has 0 radical (unpaired) electrons. The summed E-state index contributed by atoms with van der Waals surface area (Å²) < 4.78 is 5.18. The van der Waals surface area contributed by atoms with Crippen molar-refractivity contribution in [1.29, 1.82) is 0 Å². The Balaban J connectivity index is 1.98. The molecule has 2 rings (SSSR count). The lowest BCUT2D eigenvalue weighted by Crippen LogP contribution is -2.34. The fourth-order valence-electron chi connectivity index (χ4n) is 2.13. The number of carbonyl (C=O) groups excluding carboxylic acids is 1. The highest BCUT2D eigenvalue weighted by Gasteiger charge is 2.29. The molecule has 1 heterocycles.